The second-order valence-corrected chi connectivity index (χ2v) is 8.76. The number of hydrogen-bond donors (Lipinski definition) is 2. The zero-order valence-corrected chi connectivity index (χ0v) is 17.7. The number of H-pyrrole nitrogens is 1. The summed E-state index contributed by atoms with van der Waals surface area (Å²) >= 11 is 1.66. The van der Waals surface area contributed by atoms with Crippen molar-refractivity contribution in [3.8, 4) is 0 Å². The minimum Gasteiger partial charge on any atom is -0.358 e. The fourth-order valence-electron chi connectivity index (χ4n) is 4.18. The molecule has 0 unspecified atom stereocenters. The first kappa shape index (κ1) is 18.8. The summed E-state index contributed by atoms with van der Waals surface area (Å²) in [5.41, 5.74) is 5.99. The highest BCUT2D eigenvalue weighted by Gasteiger charge is 2.25. The van der Waals surface area contributed by atoms with E-state index in [4.69, 9.17) is 4.99 Å². The maximum atomic E-state index is 13.2. The van der Waals surface area contributed by atoms with Gasteiger partial charge in [0, 0.05) is 38.9 Å². The number of aliphatic imine (C=N–C) groups is 1. The predicted octanol–water partition coefficient (Wildman–Crippen LogP) is 6.42. The van der Waals surface area contributed by atoms with E-state index < -0.39 is 0 Å². The monoisotopic (exact) mass is 413 g/mol. The molecule has 2 heterocycles. The molecule has 5 rings (SSSR count). The van der Waals surface area contributed by atoms with Crippen LogP contribution in [-0.4, -0.2) is 17.1 Å². The molecule has 30 heavy (non-hydrogen) atoms. The smallest absolute Gasteiger partial charge is 0.259 e. The van der Waals surface area contributed by atoms with Crippen LogP contribution < -0.4 is 5.32 Å². The molecular weight excluding hydrogens is 390 g/mol. The van der Waals surface area contributed by atoms with Crippen molar-refractivity contribution in [3.63, 3.8) is 0 Å². The largest absolute Gasteiger partial charge is 0.358 e. The lowest BCUT2D eigenvalue weighted by atomic mass is 9.95. The predicted molar refractivity (Wildman–Crippen MR) is 126 cm³/mol. The van der Waals surface area contributed by atoms with Crippen molar-refractivity contribution in [1.82, 2.24) is 4.98 Å². The van der Waals surface area contributed by atoms with Gasteiger partial charge >= 0.3 is 0 Å². The van der Waals surface area contributed by atoms with Crippen LogP contribution in [0.3, 0.4) is 0 Å². The molecule has 0 atom stereocenters. The standard InChI is InChI=1S/C25H23N3OS/c1-16-20(18-11-5-7-13-21(18)27-16)15-26-25-23(19-12-6-8-14-22(19)30-25)24(29)28-17-9-3-2-4-10-17/h2-5,7,9-11,13,15,27H,6,8,12,14H2,1H3,(H,28,29)/b26-15+. The maximum absolute atomic E-state index is 13.2. The Morgan fingerprint density at radius 3 is 2.70 bits per heavy atom. The summed E-state index contributed by atoms with van der Waals surface area (Å²) in [4.78, 5) is 22.8. The number of carbonyl (C=O) groups is 1. The fraction of sp³-hybridized carbons (Fsp3) is 0.200. The minimum absolute atomic E-state index is 0.0663. The Kier molecular flexibility index (Phi) is 4.97. The van der Waals surface area contributed by atoms with Gasteiger partial charge in [0.2, 0.25) is 0 Å². The summed E-state index contributed by atoms with van der Waals surface area (Å²) in [6.07, 6.45) is 6.20. The number of thiophene rings is 1. The van der Waals surface area contributed by atoms with E-state index in [1.165, 1.54) is 16.9 Å². The molecule has 0 bridgehead atoms. The van der Waals surface area contributed by atoms with Crippen molar-refractivity contribution in [2.24, 2.45) is 4.99 Å². The molecule has 0 saturated carbocycles. The number of fused-ring (bicyclic) bond motifs is 2. The van der Waals surface area contributed by atoms with Gasteiger partial charge in [-0.25, -0.2) is 4.99 Å². The van der Waals surface area contributed by atoms with Crippen LogP contribution in [0.2, 0.25) is 0 Å². The van der Waals surface area contributed by atoms with E-state index in [9.17, 15) is 4.79 Å². The van der Waals surface area contributed by atoms with Crippen LogP contribution in [0.4, 0.5) is 10.7 Å². The number of para-hydroxylation sites is 2. The molecule has 1 aliphatic carbocycles. The molecule has 0 fully saturated rings. The molecule has 1 aliphatic rings. The number of nitrogens with one attached hydrogen (secondary N) is 2. The maximum Gasteiger partial charge on any atom is 0.259 e. The van der Waals surface area contributed by atoms with Gasteiger partial charge in [-0.1, -0.05) is 36.4 Å². The third-order valence-electron chi connectivity index (χ3n) is 5.67. The number of amides is 1. The molecule has 5 heteroatoms. The number of aromatic nitrogens is 1. The van der Waals surface area contributed by atoms with Crippen LogP contribution in [0.5, 0.6) is 0 Å². The summed E-state index contributed by atoms with van der Waals surface area (Å²) in [5, 5.41) is 5.01. The number of carbonyl (C=O) groups excluding carboxylic acids is 1. The highest BCUT2D eigenvalue weighted by Crippen LogP contribution is 2.40. The topological polar surface area (TPSA) is 57.2 Å². The Labute approximate surface area is 179 Å². The fourth-order valence-corrected chi connectivity index (χ4v) is 5.41. The van der Waals surface area contributed by atoms with Gasteiger partial charge in [-0.2, -0.15) is 0 Å². The molecule has 2 N–H and O–H groups in total. The van der Waals surface area contributed by atoms with E-state index >= 15 is 0 Å². The Morgan fingerprint density at radius 1 is 1.07 bits per heavy atom. The van der Waals surface area contributed by atoms with Crippen molar-refractivity contribution in [2.45, 2.75) is 32.6 Å². The third kappa shape index (κ3) is 3.46. The molecule has 150 valence electrons. The highest BCUT2D eigenvalue weighted by molar-refractivity contribution is 7.16. The number of hydrogen-bond acceptors (Lipinski definition) is 3. The molecule has 4 nitrogen and oxygen atoms in total. The van der Waals surface area contributed by atoms with E-state index in [-0.39, 0.29) is 5.91 Å². The van der Waals surface area contributed by atoms with Gasteiger partial charge in [0.05, 0.1) is 5.56 Å². The summed E-state index contributed by atoms with van der Waals surface area (Å²) in [7, 11) is 0. The van der Waals surface area contributed by atoms with Crippen molar-refractivity contribution in [3.05, 3.63) is 81.9 Å². The number of aryl methyl sites for hydroxylation is 2. The molecular formula is C25H23N3OS. The number of aromatic amines is 1. The van der Waals surface area contributed by atoms with Crippen LogP contribution in [0.1, 0.15) is 44.9 Å². The lowest BCUT2D eigenvalue weighted by Gasteiger charge is -2.12. The summed E-state index contributed by atoms with van der Waals surface area (Å²) in [5.74, 6) is -0.0663. The van der Waals surface area contributed by atoms with Crippen molar-refractivity contribution >= 4 is 45.0 Å². The van der Waals surface area contributed by atoms with E-state index in [1.807, 2.05) is 48.7 Å². The average molecular weight is 414 g/mol. The third-order valence-corrected chi connectivity index (χ3v) is 6.87. The summed E-state index contributed by atoms with van der Waals surface area (Å²) in [6, 6.07) is 17.9. The van der Waals surface area contributed by atoms with Crippen LogP contribution in [-0.2, 0) is 12.8 Å². The lowest BCUT2D eigenvalue weighted by molar-refractivity contribution is 0.102. The van der Waals surface area contributed by atoms with Crippen LogP contribution >= 0.6 is 11.3 Å². The van der Waals surface area contributed by atoms with Gasteiger partial charge in [0.25, 0.3) is 5.91 Å². The zero-order valence-electron chi connectivity index (χ0n) is 16.9. The molecule has 4 aromatic rings. The second kappa shape index (κ2) is 7.92. The van der Waals surface area contributed by atoms with Crippen LogP contribution in [0.15, 0.2) is 59.6 Å². The Bertz CT molecular complexity index is 1250. The van der Waals surface area contributed by atoms with Gasteiger partial charge in [-0.05, 0) is 56.4 Å². The second-order valence-electron chi connectivity index (χ2n) is 7.68. The summed E-state index contributed by atoms with van der Waals surface area (Å²) < 4.78 is 0. The van der Waals surface area contributed by atoms with Crippen molar-refractivity contribution < 1.29 is 4.79 Å². The quantitative estimate of drug-likeness (QED) is 0.373. The molecule has 0 saturated heterocycles. The van der Waals surface area contributed by atoms with Crippen molar-refractivity contribution in [2.75, 3.05) is 5.32 Å². The van der Waals surface area contributed by atoms with Crippen LogP contribution in [0.25, 0.3) is 10.9 Å². The van der Waals surface area contributed by atoms with Gasteiger partial charge < -0.3 is 10.3 Å². The van der Waals surface area contributed by atoms with Crippen LogP contribution in [0, 0.1) is 6.92 Å². The first-order valence-corrected chi connectivity index (χ1v) is 11.1. The highest BCUT2D eigenvalue weighted by atomic mass is 32.1. The first-order chi connectivity index (χ1) is 14.7. The Morgan fingerprint density at radius 2 is 1.83 bits per heavy atom. The van der Waals surface area contributed by atoms with Gasteiger partial charge in [-0.15, -0.1) is 11.3 Å². The molecule has 0 radical (unpaired) electrons. The first-order valence-electron chi connectivity index (χ1n) is 10.3. The average Bonchev–Trinajstić information content (AvgIpc) is 3.29. The van der Waals surface area contributed by atoms with E-state index in [2.05, 4.69) is 29.4 Å². The van der Waals surface area contributed by atoms with E-state index in [1.54, 1.807) is 11.3 Å². The lowest BCUT2D eigenvalue weighted by Crippen LogP contribution is -2.14. The summed E-state index contributed by atoms with van der Waals surface area (Å²) in [6.45, 7) is 2.06. The van der Waals surface area contributed by atoms with E-state index in [0.717, 1.165) is 57.7 Å². The zero-order chi connectivity index (χ0) is 20.5. The Balaban J connectivity index is 1.54. The molecule has 2 aromatic heterocycles. The van der Waals surface area contributed by atoms with Gasteiger partial charge in [0.15, 0.2) is 0 Å². The number of rotatable bonds is 4. The van der Waals surface area contributed by atoms with E-state index in [0.29, 0.717) is 0 Å². The molecule has 0 spiro atoms. The number of anilines is 1. The SMILES string of the molecule is Cc1[nH]c2ccccc2c1/C=N/c1sc2c(c1C(=O)Nc1ccccc1)CCCC2. The Hall–Kier alpha value is -3.18. The normalized spacial score (nSPS) is 13.6. The van der Waals surface area contributed by atoms with Gasteiger partial charge in [-0.3, -0.25) is 4.79 Å². The van der Waals surface area contributed by atoms with Crippen molar-refractivity contribution in [1.29, 1.82) is 0 Å². The number of nitrogens with zero attached hydrogens (tertiary/aromatic N) is 1. The number of benzene rings is 2. The molecule has 1 amide bonds. The molecule has 0 aliphatic heterocycles. The molecule has 2 aromatic carbocycles. The minimum atomic E-state index is -0.0663. The van der Waals surface area contributed by atoms with Gasteiger partial charge in [0.1, 0.15) is 5.00 Å².